The third-order valence-corrected chi connectivity index (χ3v) is 6.18. The standard InChI is InChI=1S/C22H21Cl3N4O3S/c1-12(2)19(13-4-3-5-26-10-13)20-21(33-16-7-14(24)6-15(25)8-16)28-17(27-20)11-32-22(31)29-18(30)9-23/h3-8,10,12,19H,9,11H2,1-2H3,(H,27,28)(H,29,30,31). The maximum Gasteiger partial charge on any atom is 0.414 e. The van der Waals surface area contributed by atoms with Crippen LogP contribution in [-0.4, -0.2) is 32.8 Å². The van der Waals surface area contributed by atoms with Crippen LogP contribution in [0.4, 0.5) is 4.79 Å². The van der Waals surface area contributed by atoms with E-state index in [1.165, 1.54) is 11.8 Å². The number of ether oxygens (including phenoxy) is 1. The normalized spacial score (nSPS) is 11.9. The zero-order valence-corrected chi connectivity index (χ0v) is 20.9. The predicted octanol–water partition coefficient (Wildman–Crippen LogP) is 6.04. The van der Waals surface area contributed by atoms with E-state index in [1.807, 2.05) is 23.6 Å². The van der Waals surface area contributed by atoms with E-state index < -0.39 is 12.0 Å². The van der Waals surface area contributed by atoms with Crippen LogP contribution in [0.3, 0.4) is 0 Å². The Balaban J connectivity index is 1.94. The Labute approximate surface area is 210 Å². The van der Waals surface area contributed by atoms with Gasteiger partial charge in [0.15, 0.2) is 6.61 Å². The molecule has 0 saturated carbocycles. The number of benzene rings is 1. The van der Waals surface area contributed by atoms with E-state index in [1.54, 1.807) is 24.4 Å². The van der Waals surface area contributed by atoms with Crippen molar-refractivity contribution in [1.82, 2.24) is 20.3 Å². The lowest BCUT2D eigenvalue weighted by molar-refractivity contribution is -0.118. The molecule has 0 spiro atoms. The predicted molar refractivity (Wildman–Crippen MR) is 129 cm³/mol. The number of carbonyl (C=O) groups is 2. The highest BCUT2D eigenvalue weighted by molar-refractivity contribution is 7.99. The molecule has 0 bridgehead atoms. The van der Waals surface area contributed by atoms with E-state index >= 15 is 0 Å². The minimum atomic E-state index is -0.901. The second-order valence-corrected chi connectivity index (χ2v) is 9.58. The first-order valence-electron chi connectivity index (χ1n) is 9.92. The van der Waals surface area contributed by atoms with Crippen LogP contribution in [-0.2, 0) is 16.1 Å². The van der Waals surface area contributed by atoms with Gasteiger partial charge in [0, 0.05) is 33.3 Å². The van der Waals surface area contributed by atoms with Gasteiger partial charge in [-0.1, -0.05) is 54.9 Å². The van der Waals surface area contributed by atoms with Gasteiger partial charge in [0.05, 0.1) is 5.69 Å². The zero-order valence-electron chi connectivity index (χ0n) is 17.8. The molecule has 2 aromatic heterocycles. The monoisotopic (exact) mass is 526 g/mol. The lowest BCUT2D eigenvalue weighted by atomic mass is 9.87. The van der Waals surface area contributed by atoms with E-state index in [-0.39, 0.29) is 24.3 Å². The van der Waals surface area contributed by atoms with Gasteiger partial charge in [0.1, 0.15) is 16.7 Å². The number of H-pyrrole nitrogens is 1. The van der Waals surface area contributed by atoms with Gasteiger partial charge >= 0.3 is 6.09 Å². The van der Waals surface area contributed by atoms with Crippen LogP contribution in [0.15, 0.2) is 52.6 Å². The number of pyridine rings is 1. The van der Waals surface area contributed by atoms with Crippen molar-refractivity contribution in [3.63, 3.8) is 0 Å². The fourth-order valence-electron chi connectivity index (χ4n) is 3.24. The lowest BCUT2D eigenvalue weighted by Crippen LogP contribution is -2.31. The third-order valence-electron chi connectivity index (χ3n) is 4.52. The van der Waals surface area contributed by atoms with E-state index in [9.17, 15) is 9.59 Å². The number of imide groups is 1. The first kappa shape index (κ1) is 25.4. The van der Waals surface area contributed by atoms with Crippen LogP contribution in [0.5, 0.6) is 0 Å². The Morgan fingerprint density at radius 2 is 1.94 bits per heavy atom. The molecule has 1 unspecified atom stereocenters. The Morgan fingerprint density at radius 3 is 2.55 bits per heavy atom. The number of hydrogen-bond acceptors (Lipinski definition) is 6. The van der Waals surface area contributed by atoms with Gasteiger partial charge in [-0.2, -0.15) is 0 Å². The number of aromatic nitrogens is 3. The number of nitrogens with zero attached hydrogens (tertiary/aromatic N) is 2. The van der Waals surface area contributed by atoms with Crippen molar-refractivity contribution in [2.24, 2.45) is 5.92 Å². The summed E-state index contributed by atoms with van der Waals surface area (Å²) in [7, 11) is 0. The maximum atomic E-state index is 11.8. The number of aromatic amines is 1. The molecular formula is C22H21Cl3N4O3S. The van der Waals surface area contributed by atoms with Crippen molar-refractivity contribution in [2.75, 3.05) is 5.88 Å². The molecule has 0 aliphatic carbocycles. The van der Waals surface area contributed by atoms with E-state index in [2.05, 4.69) is 28.8 Å². The highest BCUT2D eigenvalue weighted by atomic mass is 35.5. The number of imidazole rings is 1. The largest absolute Gasteiger partial charge is 0.441 e. The molecule has 0 fully saturated rings. The van der Waals surface area contributed by atoms with Crippen LogP contribution in [0.25, 0.3) is 0 Å². The van der Waals surface area contributed by atoms with Crippen LogP contribution in [0.2, 0.25) is 10.0 Å². The molecule has 2 amide bonds. The summed E-state index contributed by atoms with van der Waals surface area (Å²) in [5.74, 6) is -0.417. The van der Waals surface area contributed by atoms with Gasteiger partial charge < -0.3 is 9.72 Å². The molecule has 174 valence electrons. The number of hydrogen-bond donors (Lipinski definition) is 2. The summed E-state index contributed by atoms with van der Waals surface area (Å²) < 4.78 is 5.12. The van der Waals surface area contributed by atoms with Gasteiger partial charge in [-0.25, -0.2) is 9.78 Å². The molecule has 1 atom stereocenters. The molecule has 3 rings (SSSR count). The summed E-state index contributed by atoms with van der Waals surface area (Å²) >= 11 is 19.1. The molecular weight excluding hydrogens is 507 g/mol. The van der Waals surface area contributed by atoms with Gasteiger partial charge in [0.25, 0.3) is 0 Å². The van der Waals surface area contributed by atoms with Crippen molar-refractivity contribution in [3.05, 3.63) is 69.9 Å². The Hall–Kier alpha value is -2.26. The van der Waals surface area contributed by atoms with Crippen LogP contribution in [0.1, 0.15) is 36.8 Å². The Kier molecular flexibility index (Phi) is 9.02. The van der Waals surface area contributed by atoms with Crippen LogP contribution < -0.4 is 5.32 Å². The van der Waals surface area contributed by atoms with Gasteiger partial charge in [0.2, 0.25) is 5.91 Å². The quantitative estimate of drug-likeness (QED) is 0.347. The molecule has 2 N–H and O–H groups in total. The SMILES string of the molecule is CC(C)C(c1cccnc1)c1[nH]c(COC(=O)NC(=O)CCl)nc1Sc1cc(Cl)cc(Cl)c1. The molecule has 7 nitrogen and oxygen atoms in total. The maximum absolute atomic E-state index is 11.8. The molecule has 11 heteroatoms. The Bertz CT molecular complexity index is 1110. The third kappa shape index (κ3) is 7.11. The molecule has 0 saturated heterocycles. The highest BCUT2D eigenvalue weighted by Crippen LogP contribution is 2.39. The fraction of sp³-hybridized carbons (Fsp3) is 0.273. The average molecular weight is 528 g/mol. The Morgan fingerprint density at radius 1 is 1.21 bits per heavy atom. The van der Waals surface area contributed by atoms with Crippen molar-refractivity contribution in [3.8, 4) is 0 Å². The first-order valence-corrected chi connectivity index (χ1v) is 12.0. The van der Waals surface area contributed by atoms with Crippen molar-refractivity contribution < 1.29 is 14.3 Å². The molecule has 2 heterocycles. The number of halogens is 3. The zero-order chi connectivity index (χ0) is 24.0. The molecule has 0 aliphatic heterocycles. The summed E-state index contributed by atoms with van der Waals surface area (Å²) in [6, 6.07) is 9.14. The van der Waals surface area contributed by atoms with Gasteiger partial charge in [-0.05, 0) is 35.7 Å². The number of carbonyl (C=O) groups excluding carboxylic acids is 2. The molecule has 1 aromatic carbocycles. The molecule has 3 aromatic rings. The average Bonchev–Trinajstić information content (AvgIpc) is 3.14. The topological polar surface area (TPSA) is 97.0 Å². The molecule has 33 heavy (non-hydrogen) atoms. The van der Waals surface area contributed by atoms with E-state index in [4.69, 9.17) is 39.5 Å². The second kappa shape index (κ2) is 11.7. The number of amides is 2. The smallest absolute Gasteiger partial charge is 0.414 e. The summed E-state index contributed by atoms with van der Waals surface area (Å²) in [6.07, 6.45) is 2.64. The second-order valence-electron chi connectivity index (χ2n) is 7.38. The fourth-order valence-corrected chi connectivity index (χ4v) is 5.00. The molecule has 0 radical (unpaired) electrons. The van der Waals surface area contributed by atoms with E-state index in [0.717, 1.165) is 16.2 Å². The van der Waals surface area contributed by atoms with Gasteiger partial charge in [-0.3, -0.25) is 15.1 Å². The van der Waals surface area contributed by atoms with E-state index in [0.29, 0.717) is 20.9 Å². The first-order chi connectivity index (χ1) is 15.8. The number of nitrogens with one attached hydrogen (secondary N) is 2. The minimum absolute atomic E-state index is 0.0521. The summed E-state index contributed by atoms with van der Waals surface area (Å²) in [4.78, 5) is 36.1. The van der Waals surface area contributed by atoms with Crippen molar-refractivity contribution in [2.45, 2.75) is 36.3 Å². The minimum Gasteiger partial charge on any atom is -0.441 e. The van der Waals surface area contributed by atoms with Crippen LogP contribution in [0, 0.1) is 5.92 Å². The summed E-state index contributed by atoms with van der Waals surface area (Å²) in [5, 5.41) is 3.74. The number of rotatable bonds is 8. The van der Waals surface area contributed by atoms with Crippen LogP contribution >= 0.6 is 46.6 Å². The molecule has 0 aliphatic rings. The van der Waals surface area contributed by atoms with Crippen molar-refractivity contribution >= 4 is 58.6 Å². The highest BCUT2D eigenvalue weighted by Gasteiger charge is 2.26. The number of alkyl halides is 1. The van der Waals surface area contributed by atoms with Crippen molar-refractivity contribution in [1.29, 1.82) is 0 Å². The summed E-state index contributed by atoms with van der Waals surface area (Å²) in [5.41, 5.74) is 1.86. The lowest BCUT2D eigenvalue weighted by Gasteiger charge is -2.21. The van der Waals surface area contributed by atoms with Gasteiger partial charge in [-0.15, -0.1) is 11.6 Å². The number of alkyl carbamates (subject to hydrolysis) is 1. The summed E-state index contributed by atoms with van der Waals surface area (Å²) in [6.45, 7) is 4.04.